The summed E-state index contributed by atoms with van der Waals surface area (Å²) in [5, 5.41) is 0.424. The van der Waals surface area contributed by atoms with E-state index in [0.29, 0.717) is 11.7 Å². The largest absolute Gasteiger partial charge is 0.368 e. The Morgan fingerprint density at radius 2 is 1.94 bits per heavy atom. The lowest BCUT2D eigenvalue weighted by Crippen LogP contribution is -2.18. The standard InChI is InChI=1S/C14H16ClN3/c1-10-4-5-13(11(2)6-10)18(3)9-12-7-17-14(15)8-16-12/h4-8H,9H2,1-3H3. The lowest BCUT2D eigenvalue weighted by Gasteiger charge is -2.21. The van der Waals surface area contributed by atoms with Crippen LogP contribution in [0, 0.1) is 13.8 Å². The van der Waals surface area contributed by atoms with Crippen molar-refractivity contribution in [3.8, 4) is 0 Å². The Balaban J connectivity index is 2.16. The van der Waals surface area contributed by atoms with Crippen LogP contribution in [0.25, 0.3) is 0 Å². The Kier molecular flexibility index (Phi) is 3.82. The van der Waals surface area contributed by atoms with Gasteiger partial charge in [-0.1, -0.05) is 29.3 Å². The summed E-state index contributed by atoms with van der Waals surface area (Å²) in [6, 6.07) is 6.43. The van der Waals surface area contributed by atoms with Crippen molar-refractivity contribution in [3.63, 3.8) is 0 Å². The molecule has 18 heavy (non-hydrogen) atoms. The van der Waals surface area contributed by atoms with Crippen molar-refractivity contribution in [1.82, 2.24) is 9.97 Å². The molecule has 0 bridgehead atoms. The van der Waals surface area contributed by atoms with Crippen LogP contribution in [0.1, 0.15) is 16.8 Å². The topological polar surface area (TPSA) is 29.0 Å². The van der Waals surface area contributed by atoms with E-state index in [9.17, 15) is 0 Å². The van der Waals surface area contributed by atoms with E-state index in [1.54, 1.807) is 12.4 Å². The summed E-state index contributed by atoms with van der Waals surface area (Å²) in [4.78, 5) is 10.5. The zero-order valence-corrected chi connectivity index (χ0v) is 11.6. The van der Waals surface area contributed by atoms with Crippen molar-refractivity contribution in [2.75, 3.05) is 11.9 Å². The molecule has 0 amide bonds. The Bertz CT molecular complexity index is 537. The molecular formula is C14H16ClN3. The van der Waals surface area contributed by atoms with Crippen LogP contribution in [-0.2, 0) is 6.54 Å². The van der Waals surface area contributed by atoms with Gasteiger partial charge >= 0.3 is 0 Å². The maximum absolute atomic E-state index is 5.72. The Labute approximate surface area is 112 Å². The van der Waals surface area contributed by atoms with E-state index < -0.39 is 0 Å². The van der Waals surface area contributed by atoms with Gasteiger partial charge in [-0.15, -0.1) is 0 Å². The highest BCUT2D eigenvalue weighted by atomic mass is 35.5. The summed E-state index contributed by atoms with van der Waals surface area (Å²) in [7, 11) is 2.05. The van der Waals surface area contributed by atoms with Gasteiger partial charge in [0.2, 0.25) is 0 Å². The molecule has 0 N–H and O–H groups in total. The molecule has 0 saturated carbocycles. The Morgan fingerprint density at radius 3 is 2.56 bits per heavy atom. The smallest absolute Gasteiger partial charge is 0.147 e. The number of aromatic nitrogens is 2. The molecule has 0 aliphatic heterocycles. The van der Waals surface area contributed by atoms with E-state index in [1.807, 2.05) is 7.05 Å². The average molecular weight is 262 g/mol. The molecule has 4 heteroatoms. The molecular weight excluding hydrogens is 246 g/mol. The normalized spacial score (nSPS) is 10.4. The van der Waals surface area contributed by atoms with Crippen molar-refractivity contribution >= 4 is 17.3 Å². The van der Waals surface area contributed by atoms with Gasteiger partial charge in [-0.25, -0.2) is 4.98 Å². The monoisotopic (exact) mass is 261 g/mol. The molecule has 0 saturated heterocycles. The number of aryl methyl sites for hydroxylation is 2. The Morgan fingerprint density at radius 1 is 1.17 bits per heavy atom. The van der Waals surface area contributed by atoms with Gasteiger partial charge in [0.05, 0.1) is 24.6 Å². The van der Waals surface area contributed by atoms with Crippen LogP contribution < -0.4 is 4.90 Å². The Hall–Kier alpha value is -1.61. The highest BCUT2D eigenvalue weighted by Gasteiger charge is 2.06. The molecule has 1 heterocycles. The second-order valence-electron chi connectivity index (χ2n) is 4.48. The molecule has 94 valence electrons. The van der Waals surface area contributed by atoms with Gasteiger partial charge in [-0.05, 0) is 25.5 Å². The summed E-state index contributed by atoms with van der Waals surface area (Å²) in [5.74, 6) is 0. The maximum Gasteiger partial charge on any atom is 0.147 e. The number of rotatable bonds is 3. The second-order valence-corrected chi connectivity index (χ2v) is 4.86. The lowest BCUT2D eigenvalue weighted by molar-refractivity contribution is 0.869. The van der Waals surface area contributed by atoms with E-state index >= 15 is 0 Å². The van der Waals surface area contributed by atoms with Gasteiger partial charge in [0.25, 0.3) is 0 Å². The molecule has 0 aliphatic rings. The first kappa shape index (κ1) is 12.8. The molecule has 2 rings (SSSR count). The minimum atomic E-state index is 0.424. The van der Waals surface area contributed by atoms with Gasteiger partial charge in [-0.3, -0.25) is 4.98 Å². The third-order valence-electron chi connectivity index (χ3n) is 2.84. The number of anilines is 1. The molecule has 0 atom stereocenters. The summed E-state index contributed by atoms with van der Waals surface area (Å²) < 4.78 is 0. The fraction of sp³-hybridized carbons (Fsp3) is 0.286. The molecule has 1 aromatic heterocycles. The summed E-state index contributed by atoms with van der Waals surface area (Å²) in [5.41, 5.74) is 4.65. The molecule has 3 nitrogen and oxygen atoms in total. The number of hydrogen-bond donors (Lipinski definition) is 0. The van der Waals surface area contributed by atoms with E-state index in [2.05, 4.69) is 46.9 Å². The number of hydrogen-bond acceptors (Lipinski definition) is 3. The van der Waals surface area contributed by atoms with Gasteiger partial charge < -0.3 is 4.90 Å². The highest BCUT2D eigenvalue weighted by Crippen LogP contribution is 2.21. The number of benzene rings is 1. The fourth-order valence-electron chi connectivity index (χ4n) is 1.98. The third kappa shape index (κ3) is 2.99. The number of halogens is 1. The zero-order chi connectivity index (χ0) is 13.1. The van der Waals surface area contributed by atoms with Gasteiger partial charge in [0.15, 0.2) is 0 Å². The highest BCUT2D eigenvalue weighted by molar-refractivity contribution is 6.29. The molecule has 0 radical (unpaired) electrons. The summed E-state index contributed by atoms with van der Waals surface area (Å²) in [6.45, 7) is 4.93. The lowest BCUT2D eigenvalue weighted by atomic mass is 10.1. The zero-order valence-electron chi connectivity index (χ0n) is 10.8. The van der Waals surface area contributed by atoms with Gasteiger partial charge in [0, 0.05) is 12.7 Å². The molecule has 1 aromatic carbocycles. The van der Waals surface area contributed by atoms with Gasteiger partial charge in [0.1, 0.15) is 5.15 Å². The minimum Gasteiger partial charge on any atom is -0.368 e. The van der Waals surface area contributed by atoms with Crippen LogP contribution in [0.3, 0.4) is 0 Å². The molecule has 0 aliphatic carbocycles. The van der Waals surface area contributed by atoms with E-state index in [1.165, 1.54) is 16.8 Å². The SMILES string of the molecule is Cc1ccc(N(C)Cc2cnc(Cl)cn2)c(C)c1. The van der Waals surface area contributed by atoms with Crippen molar-refractivity contribution < 1.29 is 0 Å². The van der Waals surface area contributed by atoms with Crippen LogP contribution in [0.4, 0.5) is 5.69 Å². The first-order chi connectivity index (χ1) is 8.56. The van der Waals surface area contributed by atoms with Crippen LogP contribution in [0.15, 0.2) is 30.6 Å². The predicted octanol–water partition coefficient (Wildman–Crippen LogP) is 3.38. The van der Waals surface area contributed by atoms with Crippen molar-refractivity contribution in [2.45, 2.75) is 20.4 Å². The van der Waals surface area contributed by atoms with Crippen molar-refractivity contribution in [3.05, 3.63) is 52.6 Å². The third-order valence-corrected chi connectivity index (χ3v) is 3.03. The van der Waals surface area contributed by atoms with Crippen LogP contribution in [0.5, 0.6) is 0 Å². The molecule has 0 fully saturated rings. The second kappa shape index (κ2) is 5.36. The molecule has 2 aromatic rings. The average Bonchev–Trinajstić information content (AvgIpc) is 2.32. The van der Waals surface area contributed by atoms with Crippen LogP contribution in [-0.4, -0.2) is 17.0 Å². The van der Waals surface area contributed by atoms with E-state index in [0.717, 1.165) is 5.69 Å². The van der Waals surface area contributed by atoms with E-state index in [-0.39, 0.29) is 0 Å². The van der Waals surface area contributed by atoms with Crippen LogP contribution >= 0.6 is 11.6 Å². The predicted molar refractivity (Wildman–Crippen MR) is 75.1 cm³/mol. The van der Waals surface area contributed by atoms with Gasteiger partial charge in [-0.2, -0.15) is 0 Å². The first-order valence-electron chi connectivity index (χ1n) is 5.81. The maximum atomic E-state index is 5.72. The van der Waals surface area contributed by atoms with Crippen molar-refractivity contribution in [1.29, 1.82) is 0 Å². The van der Waals surface area contributed by atoms with Crippen LogP contribution in [0.2, 0.25) is 5.15 Å². The quantitative estimate of drug-likeness (QED) is 0.848. The summed E-state index contributed by atoms with van der Waals surface area (Å²) in [6.07, 6.45) is 3.29. The number of nitrogens with zero attached hydrogens (tertiary/aromatic N) is 3. The summed E-state index contributed by atoms with van der Waals surface area (Å²) >= 11 is 5.72. The molecule has 0 spiro atoms. The van der Waals surface area contributed by atoms with Crippen molar-refractivity contribution in [2.24, 2.45) is 0 Å². The molecule has 0 unspecified atom stereocenters. The fourth-order valence-corrected chi connectivity index (χ4v) is 2.08. The first-order valence-corrected chi connectivity index (χ1v) is 6.19. The minimum absolute atomic E-state index is 0.424. The van der Waals surface area contributed by atoms with E-state index in [4.69, 9.17) is 11.6 Å².